The molecule has 0 aliphatic heterocycles. The molecule has 19 heavy (non-hydrogen) atoms. The second-order valence-corrected chi connectivity index (χ2v) is 3.73. The fourth-order valence-corrected chi connectivity index (χ4v) is 1.44. The summed E-state index contributed by atoms with van der Waals surface area (Å²) in [5, 5.41) is 11.2. The van der Waals surface area contributed by atoms with E-state index in [1.807, 2.05) is 0 Å². The molecule has 1 aromatic rings. The summed E-state index contributed by atoms with van der Waals surface area (Å²) in [5.41, 5.74) is 0.486. The number of amides is 1. The van der Waals surface area contributed by atoms with Crippen molar-refractivity contribution in [1.82, 2.24) is 5.32 Å². The molecule has 102 valence electrons. The molecule has 6 heteroatoms. The molecule has 0 unspecified atom stereocenters. The quantitative estimate of drug-likeness (QED) is 0.775. The molecule has 1 amide bonds. The smallest absolute Gasteiger partial charge is 0.407 e. The monoisotopic (exact) mass is 267 g/mol. The molecule has 0 bridgehead atoms. The van der Waals surface area contributed by atoms with E-state index in [4.69, 9.17) is 9.84 Å². The second-order valence-electron chi connectivity index (χ2n) is 3.73. The molecule has 5 nitrogen and oxygen atoms in total. The van der Waals surface area contributed by atoms with Crippen LogP contribution >= 0.6 is 0 Å². The summed E-state index contributed by atoms with van der Waals surface area (Å²) < 4.78 is 17.5. The van der Waals surface area contributed by atoms with Gasteiger partial charge in [0.15, 0.2) is 0 Å². The molecule has 0 saturated heterocycles. The minimum Gasteiger partial charge on any atom is -0.481 e. The van der Waals surface area contributed by atoms with Gasteiger partial charge < -0.3 is 15.2 Å². The van der Waals surface area contributed by atoms with Gasteiger partial charge >= 0.3 is 12.1 Å². The Bertz CT molecular complexity index is 458. The van der Waals surface area contributed by atoms with E-state index < -0.39 is 23.9 Å². The number of carbonyl (C=O) groups is 2. The molecule has 2 N–H and O–H groups in total. The van der Waals surface area contributed by atoms with E-state index in [0.29, 0.717) is 5.56 Å². The zero-order valence-corrected chi connectivity index (χ0v) is 10.1. The van der Waals surface area contributed by atoms with Gasteiger partial charge in [-0.1, -0.05) is 24.8 Å². The fourth-order valence-electron chi connectivity index (χ4n) is 1.44. The van der Waals surface area contributed by atoms with E-state index in [0.717, 1.165) is 0 Å². The molecule has 1 atom stereocenters. The van der Waals surface area contributed by atoms with Crippen LogP contribution in [0.15, 0.2) is 36.9 Å². The normalized spacial score (nSPS) is 11.4. The SMILES string of the molecule is C=CCOC(=O)N[C@@H](CC(=O)O)c1ccc(F)cc1. The third-order valence-electron chi connectivity index (χ3n) is 2.28. The summed E-state index contributed by atoms with van der Waals surface area (Å²) in [6.07, 6.45) is 0.314. The number of hydrogen-bond acceptors (Lipinski definition) is 3. The maximum absolute atomic E-state index is 12.8. The fraction of sp³-hybridized carbons (Fsp3) is 0.231. The molecular weight excluding hydrogens is 253 g/mol. The standard InChI is InChI=1S/C13H14FNO4/c1-2-7-19-13(18)15-11(8-12(16)17)9-3-5-10(14)6-4-9/h2-6,11H,1,7-8H2,(H,15,18)(H,16,17)/t11-/m0/s1. The molecule has 1 rings (SSSR count). The second kappa shape index (κ2) is 7.15. The molecule has 0 spiro atoms. The van der Waals surface area contributed by atoms with E-state index >= 15 is 0 Å². The Kier molecular flexibility index (Phi) is 5.53. The molecule has 1 aromatic carbocycles. The van der Waals surface area contributed by atoms with Crippen LogP contribution in [0.5, 0.6) is 0 Å². The number of carboxylic acid groups (broad SMARTS) is 1. The van der Waals surface area contributed by atoms with Gasteiger partial charge in [0.05, 0.1) is 12.5 Å². The van der Waals surface area contributed by atoms with Crippen molar-refractivity contribution in [2.24, 2.45) is 0 Å². The lowest BCUT2D eigenvalue weighted by Crippen LogP contribution is -2.30. The number of rotatable bonds is 6. The van der Waals surface area contributed by atoms with Gasteiger partial charge in [-0.2, -0.15) is 0 Å². The number of alkyl carbamates (subject to hydrolysis) is 1. The molecule has 0 radical (unpaired) electrons. The number of nitrogens with one attached hydrogen (secondary N) is 1. The van der Waals surface area contributed by atoms with Crippen molar-refractivity contribution < 1.29 is 23.8 Å². The Morgan fingerprint density at radius 1 is 1.42 bits per heavy atom. The van der Waals surface area contributed by atoms with Gasteiger partial charge in [-0.15, -0.1) is 0 Å². The van der Waals surface area contributed by atoms with E-state index in [1.165, 1.54) is 30.3 Å². The van der Waals surface area contributed by atoms with Gasteiger partial charge in [-0.25, -0.2) is 9.18 Å². The summed E-state index contributed by atoms with van der Waals surface area (Å²) in [7, 11) is 0. The van der Waals surface area contributed by atoms with Crippen molar-refractivity contribution in [2.45, 2.75) is 12.5 Å². The summed E-state index contributed by atoms with van der Waals surface area (Å²) in [6, 6.07) is 4.44. The highest BCUT2D eigenvalue weighted by molar-refractivity contribution is 5.72. The lowest BCUT2D eigenvalue weighted by atomic mass is 10.0. The average molecular weight is 267 g/mol. The van der Waals surface area contributed by atoms with Crippen molar-refractivity contribution in [3.63, 3.8) is 0 Å². The van der Waals surface area contributed by atoms with Crippen LogP contribution in [0.2, 0.25) is 0 Å². The minimum absolute atomic E-state index is 0.0229. The van der Waals surface area contributed by atoms with Crippen molar-refractivity contribution in [3.05, 3.63) is 48.3 Å². The third-order valence-corrected chi connectivity index (χ3v) is 2.28. The number of ether oxygens (including phenoxy) is 1. The summed E-state index contributed by atoms with van der Waals surface area (Å²) in [5.74, 6) is -1.52. The lowest BCUT2D eigenvalue weighted by Gasteiger charge is -2.17. The predicted molar refractivity (Wildman–Crippen MR) is 66.1 cm³/mol. The van der Waals surface area contributed by atoms with Crippen molar-refractivity contribution in [2.75, 3.05) is 6.61 Å². The number of hydrogen-bond donors (Lipinski definition) is 2. The van der Waals surface area contributed by atoms with Gasteiger partial charge in [-0.3, -0.25) is 4.79 Å². The number of carboxylic acids is 1. The lowest BCUT2D eigenvalue weighted by molar-refractivity contribution is -0.137. The first kappa shape index (κ1) is 14.7. The summed E-state index contributed by atoms with van der Waals surface area (Å²) >= 11 is 0. The third kappa shape index (κ3) is 5.20. The average Bonchev–Trinajstić information content (AvgIpc) is 2.36. The Morgan fingerprint density at radius 2 is 2.05 bits per heavy atom. The number of halogens is 1. The molecular formula is C13H14FNO4. The molecule has 0 fully saturated rings. The van der Waals surface area contributed by atoms with E-state index in [-0.39, 0.29) is 13.0 Å². The van der Waals surface area contributed by atoms with Gasteiger partial charge in [0.2, 0.25) is 0 Å². The van der Waals surface area contributed by atoms with Gasteiger partial charge in [0.25, 0.3) is 0 Å². The maximum atomic E-state index is 12.8. The first-order chi connectivity index (χ1) is 9.02. The van der Waals surface area contributed by atoms with Crippen LogP contribution in [0.3, 0.4) is 0 Å². The zero-order valence-electron chi connectivity index (χ0n) is 10.1. The Balaban J connectivity index is 2.76. The first-order valence-electron chi connectivity index (χ1n) is 5.54. The maximum Gasteiger partial charge on any atom is 0.407 e. The number of aliphatic carboxylic acids is 1. The highest BCUT2D eigenvalue weighted by Crippen LogP contribution is 2.17. The molecule has 0 aliphatic carbocycles. The predicted octanol–water partition coefficient (Wildman–Crippen LogP) is 2.25. The Hall–Kier alpha value is -2.37. The molecule has 0 saturated carbocycles. The van der Waals surface area contributed by atoms with Gasteiger partial charge in [0, 0.05) is 0 Å². The van der Waals surface area contributed by atoms with E-state index in [2.05, 4.69) is 11.9 Å². The highest BCUT2D eigenvalue weighted by Gasteiger charge is 2.18. The van der Waals surface area contributed by atoms with Crippen molar-refractivity contribution in [3.8, 4) is 0 Å². The van der Waals surface area contributed by atoms with Crippen LogP contribution < -0.4 is 5.32 Å². The number of benzene rings is 1. The largest absolute Gasteiger partial charge is 0.481 e. The van der Waals surface area contributed by atoms with Crippen LogP contribution in [-0.4, -0.2) is 23.8 Å². The van der Waals surface area contributed by atoms with E-state index in [1.54, 1.807) is 0 Å². The van der Waals surface area contributed by atoms with Gasteiger partial charge in [-0.05, 0) is 17.7 Å². The van der Waals surface area contributed by atoms with Crippen LogP contribution in [0.1, 0.15) is 18.0 Å². The van der Waals surface area contributed by atoms with Crippen LogP contribution in [-0.2, 0) is 9.53 Å². The first-order valence-corrected chi connectivity index (χ1v) is 5.54. The minimum atomic E-state index is -1.08. The van der Waals surface area contributed by atoms with Crippen molar-refractivity contribution in [1.29, 1.82) is 0 Å². The summed E-state index contributed by atoms with van der Waals surface area (Å²) in [4.78, 5) is 22.1. The molecule has 0 aromatic heterocycles. The summed E-state index contributed by atoms with van der Waals surface area (Å²) in [6.45, 7) is 3.41. The zero-order chi connectivity index (χ0) is 14.3. The highest BCUT2D eigenvalue weighted by atomic mass is 19.1. The van der Waals surface area contributed by atoms with E-state index in [9.17, 15) is 14.0 Å². The Morgan fingerprint density at radius 3 is 2.58 bits per heavy atom. The number of carbonyl (C=O) groups excluding carboxylic acids is 1. The van der Waals surface area contributed by atoms with Crippen molar-refractivity contribution >= 4 is 12.1 Å². The van der Waals surface area contributed by atoms with Crippen LogP contribution in [0.25, 0.3) is 0 Å². The molecule has 0 aliphatic rings. The molecule has 0 heterocycles. The topological polar surface area (TPSA) is 75.6 Å². The van der Waals surface area contributed by atoms with Crippen LogP contribution in [0.4, 0.5) is 9.18 Å². The van der Waals surface area contributed by atoms with Crippen LogP contribution in [0, 0.1) is 5.82 Å². The van der Waals surface area contributed by atoms with Gasteiger partial charge in [0.1, 0.15) is 12.4 Å². The Labute approximate surface area is 109 Å².